The smallest absolute Gasteiger partial charge is 0.387 e. The van der Waals surface area contributed by atoms with Crippen molar-refractivity contribution in [2.45, 2.75) is 19.1 Å². The third-order valence-corrected chi connectivity index (χ3v) is 5.35. The third-order valence-electron chi connectivity index (χ3n) is 3.60. The number of anilines is 1. The first kappa shape index (κ1) is 17.6. The first-order valence-corrected chi connectivity index (χ1v) is 8.83. The fourth-order valence-electron chi connectivity index (χ4n) is 2.44. The van der Waals surface area contributed by atoms with E-state index in [-0.39, 0.29) is 35.5 Å². The van der Waals surface area contributed by atoms with Gasteiger partial charge >= 0.3 is 6.61 Å². The number of carbonyl (C=O) groups is 1. The van der Waals surface area contributed by atoms with Crippen LogP contribution in [0.25, 0.3) is 0 Å². The molecule has 0 saturated carbocycles. The zero-order chi connectivity index (χ0) is 17.0. The molecule has 1 atom stereocenters. The molecule has 1 amide bonds. The van der Waals surface area contributed by atoms with Gasteiger partial charge < -0.3 is 10.1 Å². The van der Waals surface area contributed by atoms with Crippen LogP contribution < -0.4 is 10.1 Å². The Morgan fingerprint density at radius 1 is 1.43 bits per heavy atom. The average Bonchev–Trinajstić information content (AvgIpc) is 2.81. The second-order valence-corrected chi connectivity index (χ2v) is 7.62. The molecule has 23 heavy (non-hydrogen) atoms. The zero-order valence-corrected chi connectivity index (χ0v) is 13.4. The normalized spacial score (nSPS) is 20.0. The van der Waals surface area contributed by atoms with Crippen molar-refractivity contribution in [3.8, 4) is 5.75 Å². The van der Waals surface area contributed by atoms with Crippen LogP contribution in [0.3, 0.4) is 0 Å². The van der Waals surface area contributed by atoms with E-state index in [4.69, 9.17) is 0 Å². The number of ether oxygens (including phenoxy) is 1. The van der Waals surface area contributed by atoms with Crippen molar-refractivity contribution in [3.05, 3.63) is 24.3 Å². The van der Waals surface area contributed by atoms with Gasteiger partial charge in [0.15, 0.2) is 9.84 Å². The van der Waals surface area contributed by atoms with Crippen LogP contribution in [-0.4, -0.2) is 57.0 Å². The number of nitrogens with zero attached hydrogens (tertiary/aromatic N) is 1. The van der Waals surface area contributed by atoms with Crippen molar-refractivity contribution in [2.75, 3.05) is 30.4 Å². The quantitative estimate of drug-likeness (QED) is 0.840. The van der Waals surface area contributed by atoms with Crippen molar-refractivity contribution >= 4 is 21.4 Å². The van der Waals surface area contributed by atoms with Crippen LogP contribution in [0.5, 0.6) is 5.75 Å². The number of nitrogens with one attached hydrogen (secondary N) is 1. The van der Waals surface area contributed by atoms with Gasteiger partial charge in [-0.1, -0.05) is 12.1 Å². The second kappa shape index (κ2) is 7.22. The number of hydrogen-bond acceptors (Lipinski definition) is 5. The number of amides is 1. The summed E-state index contributed by atoms with van der Waals surface area (Å²) in [4.78, 5) is 13.7. The highest BCUT2D eigenvalue weighted by molar-refractivity contribution is 7.91. The zero-order valence-electron chi connectivity index (χ0n) is 12.5. The molecule has 1 heterocycles. The van der Waals surface area contributed by atoms with Gasteiger partial charge in [0.1, 0.15) is 5.75 Å². The van der Waals surface area contributed by atoms with Gasteiger partial charge in [-0.2, -0.15) is 8.78 Å². The number of alkyl halides is 2. The van der Waals surface area contributed by atoms with Crippen LogP contribution in [-0.2, 0) is 14.6 Å². The van der Waals surface area contributed by atoms with Crippen molar-refractivity contribution in [1.82, 2.24) is 4.90 Å². The summed E-state index contributed by atoms with van der Waals surface area (Å²) in [7, 11) is -1.37. The summed E-state index contributed by atoms with van der Waals surface area (Å²) in [5.41, 5.74) is 0.144. The van der Waals surface area contributed by atoms with E-state index in [1.807, 2.05) is 0 Å². The summed E-state index contributed by atoms with van der Waals surface area (Å²) < 4.78 is 51.9. The molecular formula is C14H18F2N2O4S. The molecule has 1 N–H and O–H groups in total. The van der Waals surface area contributed by atoms with E-state index in [1.165, 1.54) is 18.2 Å². The number of carbonyl (C=O) groups excluding carboxylic acids is 1. The maximum atomic E-state index is 12.3. The monoisotopic (exact) mass is 348 g/mol. The minimum atomic E-state index is -3.03. The van der Waals surface area contributed by atoms with Crippen molar-refractivity contribution in [1.29, 1.82) is 0 Å². The molecule has 1 unspecified atom stereocenters. The maximum absolute atomic E-state index is 12.3. The number of rotatable bonds is 6. The SMILES string of the molecule is CN(CC(=O)Nc1ccccc1OC(F)F)C1CCS(=O)(=O)C1. The number of halogens is 2. The highest BCUT2D eigenvalue weighted by Gasteiger charge is 2.31. The Bertz CT molecular complexity index is 666. The molecule has 0 aromatic heterocycles. The van der Waals surface area contributed by atoms with Gasteiger partial charge in [-0.25, -0.2) is 8.42 Å². The second-order valence-electron chi connectivity index (χ2n) is 5.39. The molecule has 1 aliphatic heterocycles. The summed E-state index contributed by atoms with van der Waals surface area (Å²) in [5.74, 6) is -0.402. The minimum absolute atomic E-state index is 0.0296. The molecule has 0 bridgehead atoms. The number of sulfone groups is 1. The van der Waals surface area contributed by atoms with Gasteiger partial charge in [-0.05, 0) is 25.6 Å². The lowest BCUT2D eigenvalue weighted by atomic mass is 10.2. The lowest BCUT2D eigenvalue weighted by Crippen LogP contribution is -2.38. The topological polar surface area (TPSA) is 75.7 Å². The van der Waals surface area contributed by atoms with Crippen LogP contribution in [0.1, 0.15) is 6.42 Å². The molecule has 1 saturated heterocycles. The molecular weight excluding hydrogens is 330 g/mol. The summed E-state index contributed by atoms with van der Waals surface area (Å²) in [6.45, 7) is -3.03. The summed E-state index contributed by atoms with van der Waals surface area (Å²) in [5, 5.41) is 2.50. The Morgan fingerprint density at radius 3 is 2.74 bits per heavy atom. The molecule has 1 aromatic carbocycles. The Balaban J connectivity index is 1.95. The standard InChI is InChI=1S/C14H18F2N2O4S/c1-18(10-6-7-23(20,21)9-10)8-13(19)17-11-4-2-3-5-12(11)22-14(15)16/h2-5,10,14H,6-9H2,1H3,(H,17,19). The Kier molecular flexibility index (Phi) is 5.53. The first-order valence-electron chi connectivity index (χ1n) is 7.01. The molecule has 2 rings (SSSR count). The van der Waals surface area contributed by atoms with Gasteiger partial charge in [-0.3, -0.25) is 9.69 Å². The molecule has 6 nitrogen and oxygen atoms in total. The van der Waals surface area contributed by atoms with Crippen LogP contribution in [0, 0.1) is 0 Å². The van der Waals surface area contributed by atoms with Gasteiger partial charge in [-0.15, -0.1) is 0 Å². The Labute approximate surface area is 133 Å². The molecule has 1 aliphatic rings. The van der Waals surface area contributed by atoms with Gasteiger partial charge in [0.05, 0.1) is 23.7 Å². The summed E-state index contributed by atoms with van der Waals surface area (Å²) in [6, 6.07) is 5.67. The maximum Gasteiger partial charge on any atom is 0.387 e. The van der Waals surface area contributed by atoms with Crippen molar-refractivity contribution in [3.63, 3.8) is 0 Å². The van der Waals surface area contributed by atoms with E-state index in [0.29, 0.717) is 6.42 Å². The van der Waals surface area contributed by atoms with E-state index < -0.39 is 22.4 Å². The van der Waals surface area contributed by atoms with E-state index in [0.717, 1.165) is 0 Å². The highest BCUT2D eigenvalue weighted by Crippen LogP contribution is 2.25. The van der Waals surface area contributed by atoms with Crippen LogP contribution >= 0.6 is 0 Å². The van der Waals surface area contributed by atoms with Gasteiger partial charge in [0.2, 0.25) is 5.91 Å². The van der Waals surface area contributed by atoms with E-state index in [2.05, 4.69) is 10.1 Å². The molecule has 1 fully saturated rings. The Hall–Kier alpha value is -1.74. The van der Waals surface area contributed by atoms with Crippen LogP contribution in [0.15, 0.2) is 24.3 Å². The molecule has 0 aliphatic carbocycles. The Morgan fingerprint density at radius 2 is 2.13 bits per heavy atom. The number of para-hydroxylation sites is 2. The summed E-state index contributed by atoms with van der Waals surface area (Å²) in [6.07, 6.45) is 0.483. The van der Waals surface area contributed by atoms with Crippen LogP contribution in [0.2, 0.25) is 0 Å². The minimum Gasteiger partial charge on any atom is -0.433 e. The van der Waals surface area contributed by atoms with Crippen LogP contribution in [0.4, 0.5) is 14.5 Å². The van der Waals surface area contributed by atoms with Gasteiger partial charge in [0, 0.05) is 6.04 Å². The number of hydrogen-bond donors (Lipinski definition) is 1. The lowest BCUT2D eigenvalue weighted by molar-refractivity contribution is -0.117. The van der Waals surface area contributed by atoms with Gasteiger partial charge in [0.25, 0.3) is 0 Å². The summed E-state index contributed by atoms with van der Waals surface area (Å²) >= 11 is 0. The third kappa shape index (κ3) is 5.14. The average molecular weight is 348 g/mol. The molecule has 1 aromatic rings. The number of benzene rings is 1. The molecule has 128 valence electrons. The van der Waals surface area contributed by atoms with Crippen molar-refractivity contribution in [2.24, 2.45) is 0 Å². The van der Waals surface area contributed by atoms with E-state index in [1.54, 1.807) is 18.0 Å². The lowest BCUT2D eigenvalue weighted by Gasteiger charge is -2.22. The predicted molar refractivity (Wildman–Crippen MR) is 81.4 cm³/mol. The van der Waals surface area contributed by atoms with E-state index >= 15 is 0 Å². The molecule has 9 heteroatoms. The molecule has 0 spiro atoms. The fraction of sp³-hybridized carbons (Fsp3) is 0.500. The first-order chi connectivity index (χ1) is 10.8. The van der Waals surface area contributed by atoms with Crippen molar-refractivity contribution < 1.29 is 26.7 Å². The number of likely N-dealkylation sites (N-methyl/N-ethyl adjacent to an activating group) is 1. The fourth-order valence-corrected chi connectivity index (χ4v) is 4.24. The molecule has 0 radical (unpaired) electrons. The van der Waals surface area contributed by atoms with E-state index in [9.17, 15) is 22.0 Å². The highest BCUT2D eigenvalue weighted by atomic mass is 32.2. The largest absolute Gasteiger partial charge is 0.433 e. The predicted octanol–water partition coefficient (Wildman–Crippen LogP) is 1.35.